The molecule has 1 aliphatic rings. The smallest absolute Gasteiger partial charge is 0.219 e. The Bertz CT molecular complexity index is 614. The maximum atomic E-state index is 11.5. The van der Waals surface area contributed by atoms with Crippen LogP contribution >= 0.6 is 0 Å². The van der Waals surface area contributed by atoms with Crippen LogP contribution in [0.15, 0.2) is 18.2 Å². The number of methoxy groups -OCH3 is 1. The molecule has 1 saturated heterocycles. The van der Waals surface area contributed by atoms with Crippen LogP contribution < -0.4 is 9.47 Å². The van der Waals surface area contributed by atoms with E-state index in [1.807, 2.05) is 23.1 Å². The molecule has 7 nitrogen and oxygen atoms in total. The van der Waals surface area contributed by atoms with Gasteiger partial charge in [0.2, 0.25) is 5.91 Å². The molecule has 0 aromatic heterocycles. The number of carbonyl (C=O) groups excluding carboxylic acids is 1. The maximum Gasteiger partial charge on any atom is 0.219 e. The van der Waals surface area contributed by atoms with Gasteiger partial charge in [-0.15, -0.1) is 0 Å². The number of hydrogen-bond donors (Lipinski definition) is 1. The van der Waals surface area contributed by atoms with Crippen molar-refractivity contribution in [3.8, 4) is 11.5 Å². The molecule has 1 heterocycles. The number of ether oxygens (including phenoxy) is 2. The van der Waals surface area contributed by atoms with E-state index in [1.165, 1.54) is 0 Å². The second-order valence-corrected chi connectivity index (χ2v) is 7.22. The van der Waals surface area contributed by atoms with Gasteiger partial charge in [-0.2, -0.15) is 0 Å². The van der Waals surface area contributed by atoms with E-state index >= 15 is 0 Å². The lowest BCUT2D eigenvalue weighted by atomic mass is 10.1. The largest absolute Gasteiger partial charge is 0.493 e. The minimum atomic E-state index is -0.548. The number of rotatable bonds is 10. The second kappa shape index (κ2) is 11.2. The first-order valence-electron chi connectivity index (χ1n) is 10.1. The molecule has 0 spiro atoms. The molecule has 1 N–H and O–H groups in total. The van der Waals surface area contributed by atoms with E-state index in [0.29, 0.717) is 18.0 Å². The van der Waals surface area contributed by atoms with Crippen LogP contribution in [0.3, 0.4) is 0 Å². The molecule has 1 aromatic rings. The lowest BCUT2D eigenvalue weighted by molar-refractivity contribution is -0.130. The molecule has 0 bridgehead atoms. The average molecular weight is 394 g/mol. The molecule has 1 amide bonds. The van der Waals surface area contributed by atoms with E-state index in [4.69, 9.17) is 9.47 Å². The third-order valence-corrected chi connectivity index (χ3v) is 5.25. The van der Waals surface area contributed by atoms with Gasteiger partial charge in [0.1, 0.15) is 12.7 Å². The van der Waals surface area contributed by atoms with Gasteiger partial charge in [0, 0.05) is 46.2 Å². The van der Waals surface area contributed by atoms with Crippen molar-refractivity contribution in [2.24, 2.45) is 0 Å². The van der Waals surface area contributed by atoms with Crippen molar-refractivity contribution in [1.29, 1.82) is 0 Å². The van der Waals surface area contributed by atoms with Crippen molar-refractivity contribution in [3.63, 3.8) is 0 Å². The fourth-order valence-corrected chi connectivity index (χ4v) is 3.43. The summed E-state index contributed by atoms with van der Waals surface area (Å²) in [7, 11) is 1.62. The fraction of sp³-hybridized carbons (Fsp3) is 0.667. The Morgan fingerprint density at radius 2 is 1.86 bits per heavy atom. The zero-order valence-corrected chi connectivity index (χ0v) is 17.7. The summed E-state index contributed by atoms with van der Waals surface area (Å²) >= 11 is 0. The van der Waals surface area contributed by atoms with E-state index in [0.717, 1.165) is 51.4 Å². The molecule has 0 radical (unpaired) electrons. The molecule has 1 atom stereocenters. The number of carbonyl (C=O) groups is 1. The summed E-state index contributed by atoms with van der Waals surface area (Å²) in [5, 5.41) is 10.3. The fourth-order valence-electron chi connectivity index (χ4n) is 3.43. The molecule has 158 valence electrons. The van der Waals surface area contributed by atoms with Gasteiger partial charge in [0.05, 0.1) is 7.11 Å². The van der Waals surface area contributed by atoms with Gasteiger partial charge in [-0.25, -0.2) is 0 Å². The maximum absolute atomic E-state index is 11.5. The zero-order valence-electron chi connectivity index (χ0n) is 17.7. The third kappa shape index (κ3) is 6.65. The minimum Gasteiger partial charge on any atom is -0.493 e. The minimum absolute atomic E-state index is 0.142. The Labute approximate surface area is 168 Å². The van der Waals surface area contributed by atoms with Gasteiger partial charge >= 0.3 is 0 Å². The van der Waals surface area contributed by atoms with Gasteiger partial charge in [-0.1, -0.05) is 19.9 Å². The second-order valence-electron chi connectivity index (χ2n) is 7.22. The van der Waals surface area contributed by atoms with Gasteiger partial charge in [0.15, 0.2) is 11.5 Å². The first kappa shape index (κ1) is 22.5. The Morgan fingerprint density at radius 3 is 2.43 bits per heavy atom. The predicted octanol–water partition coefficient (Wildman–Crippen LogP) is 1.44. The summed E-state index contributed by atoms with van der Waals surface area (Å²) in [5.41, 5.74) is 1.13. The Balaban J connectivity index is 1.93. The van der Waals surface area contributed by atoms with Crippen LogP contribution in [0.4, 0.5) is 0 Å². The molecule has 2 rings (SSSR count). The molecular weight excluding hydrogens is 358 g/mol. The molecule has 0 saturated carbocycles. The normalized spacial score (nSPS) is 16.3. The summed E-state index contributed by atoms with van der Waals surface area (Å²) in [6.45, 7) is 12.5. The van der Waals surface area contributed by atoms with Gasteiger partial charge in [0.25, 0.3) is 0 Å². The van der Waals surface area contributed by atoms with Crippen molar-refractivity contribution in [2.75, 3.05) is 59.5 Å². The van der Waals surface area contributed by atoms with Crippen molar-refractivity contribution in [2.45, 2.75) is 33.4 Å². The lowest BCUT2D eigenvalue weighted by Crippen LogP contribution is -2.47. The molecule has 1 unspecified atom stereocenters. The van der Waals surface area contributed by atoms with Gasteiger partial charge in [-0.05, 0) is 30.8 Å². The summed E-state index contributed by atoms with van der Waals surface area (Å²) < 4.78 is 11.3. The van der Waals surface area contributed by atoms with Gasteiger partial charge in [-0.3, -0.25) is 9.69 Å². The monoisotopic (exact) mass is 393 g/mol. The van der Waals surface area contributed by atoms with E-state index < -0.39 is 6.10 Å². The van der Waals surface area contributed by atoms with E-state index in [9.17, 15) is 9.90 Å². The number of likely N-dealkylation sites (N-methyl/N-ethyl adjacent to an activating group) is 1. The van der Waals surface area contributed by atoms with Crippen molar-refractivity contribution < 1.29 is 19.4 Å². The van der Waals surface area contributed by atoms with Crippen LogP contribution in [0.2, 0.25) is 0 Å². The Kier molecular flexibility index (Phi) is 9.02. The van der Waals surface area contributed by atoms with Crippen molar-refractivity contribution >= 4 is 5.91 Å². The molecule has 28 heavy (non-hydrogen) atoms. The lowest BCUT2D eigenvalue weighted by Gasteiger charge is -2.34. The highest BCUT2D eigenvalue weighted by atomic mass is 16.5. The number of amides is 1. The SMILES string of the molecule is CCN(CC)CC(O)COc1cc(CN2CCN(C(C)=O)CC2)ccc1OC. The number of benzene rings is 1. The highest BCUT2D eigenvalue weighted by Gasteiger charge is 2.19. The van der Waals surface area contributed by atoms with Gasteiger partial charge < -0.3 is 24.4 Å². The first-order chi connectivity index (χ1) is 13.5. The van der Waals surface area contributed by atoms with E-state index in [2.05, 4.69) is 23.6 Å². The third-order valence-electron chi connectivity index (χ3n) is 5.25. The Hall–Kier alpha value is -1.83. The van der Waals surface area contributed by atoms with Crippen LogP contribution in [0, 0.1) is 0 Å². The summed E-state index contributed by atoms with van der Waals surface area (Å²) in [5.74, 6) is 1.46. The van der Waals surface area contributed by atoms with Crippen molar-refractivity contribution in [3.05, 3.63) is 23.8 Å². The number of aliphatic hydroxyl groups is 1. The number of aliphatic hydroxyl groups excluding tert-OH is 1. The topological polar surface area (TPSA) is 65.5 Å². The highest BCUT2D eigenvalue weighted by molar-refractivity contribution is 5.73. The zero-order chi connectivity index (χ0) is 20.5. The van der Waals surface area contributed by atoms with Crippen LogP contribution in [0.25, 0.3) is 0 Å². The van der Waals surface area contributed by atoms with Crippen molar-refractivity contribution in [1.82, 2.24) is 14.7 Å². The molecular formula is C21H35N3O4. The first-order valence-corrected chi connectivity index (χ1v) is 10.1. The summed E-state index contributed by atoms with van der Waals surface area (Å²) in [4.78, 5) is 17.9. The van der Waals surface area contributed by atoms with Crippen LogP contribution in [-0.2, 0) is 11.3 Å². The number of piperazine rings is 1. The summed E-state index contributed by atoms with van der Waals surface area (Å²) in [6.07, 6.45) is -0.548. The number of hydrogen-bond acceptors (Lipinski definition) is 6. The molecule has 1 fully saturated rings. The summed E-state index contributed by atoms with van der Waals surface area (Å²) in [6, 6.07) is 5.93. The standard InChI is InChI=1S/C21H35N3O4/c1-5-22(6-2)15-19(26)16-28-21-13-18(7-8-20(21)27-4)14-23-9-11-24(12-10-23)17(3)25/h7-8,13,19,26H,5-6,9-12,14-16H2,1-4H3. The predicted molar refractivity (Wildman–Crippen MR) is 110 cm³/mol. The molecule has 1 aliphatic heterocycles. The van der Waals surface area contributed by atoms with Crippen LogP contribution in [-0.4, -0.2) is 91.3 Å². The highest BCUT2D eigenvalue weighted by Crippen LogP contribution is 2.29. The molecule has 1 aromatic carbocycles. The molecule has 7 heteroatoms. The van der Waals surface area contributed by atoms with Crippen LogP contribution in [0.5, 0.6) is 11.5 Å². The average Bonchev–Trinajstić information content (AvgIpc) is 2.71. The van der Waals surface area contributed by atoms with Crippen LogP contribution in [0.1, 0.15) is 26.3 Å². The van der Waals surface area contributed by atoms with E-state index in [-0.39, 0.29) is 12.5 Å². The number of nitrogens with zero attached hydrogens (tertiary/aromatic N) is 3. The quantitative estimate of drug-likeness (QED) is 0.649. The van der Waals surface area contributed by atoms with E-state index in [1.54, 1.807) is 14.0 Å². The molecule has 0 aliphatic carbocycles. The Morgan fingerprint density at radius 1 is 1.18 bits per heavy atom.